The van der Waals surface area contributed by atoms with Gasteiger partial charge in [-0.25, -0.2) is 3.21 Å². The Hall–Kier alpha value is -4.87. The molecule has 0 fully saturated rings. The minimum atomic E-state index is -0.473. The number of aryl methyl sites for hydroxylation is 1. The van der Waals surface area contributed by atoms with Crippen molar-refractivity contribution < 1.29 is 0 Å². The number of hydrogen-bond acceptors (Lipinski definition) is 2. The summed E-state index contributed by atoms with van der Waals surface area (Å²) < 4.78 is 6.37. The minimum absolute atomic E-state index is 0.473. The maximum absolute atomic E-state index is 5.04. The molecule has 0 saturated carbocycles. The fourth-order valence-corrected chi connectivity index (χ4v) is 8.56. The molecule has 8 rings (SSSR count). The number of nitrogens with zero attached hydrogens (tertiary/aromatic N) is 2. The fourth-order valence-electron chi connectivity index (χ4n) is 6.36. The highest BCUT2D eigenvalue weighted by atomic mass is 127. The molecule has 0 unspecified atom stereocenters. The molecule has 0 radical (unpaired) electrons. The maximum atomic E-state index is 5.04. The van der Waals surface area contributed by atoms with E-state index in [0.29, 0.717) is 0 Å². The van der Waals surface area contributed by atoms with Gasteiger partial charge >= 0.3 is 0 Å². The highest BCUT2D eigenvalue weighted by molar-refractivity contribution is 14.2. The Labute approximate surface area is 275 Å². The van der Waals surface area contributed by atoms with Crippen molar-refractivity contribution in [1.82, 2.24) is 4.90 Å². The molecule has 0 N–H and O–H groups in total. The second-order valence-corrected chi connectivity index (χ2v) is 13.6. The van der Waals surface area contributed by atoms with E-state index in [0.717, 1.165) is 5.84 Å². The summed E-state index contributed by atoms with van der Waals surface area (Å²) in [5.74, 6) is 1.09. The van der Waals surface area contributed by atoms with E-state index in [9.17, 15) is 0 Å². The van der Waals surface area contributed by atoms with E-state index < -0.39 is 21.0 Å². The Morgan fingerprint density at radius 1 is 0.489 bits per heavy atom. The molecule has 0 saturated heterocycles. The van der Waals surface area contributed by atoms with Crippen LogP contribution in [0.2, 0.25) is 0 Å². The third-order valence-corrected chi connectivity index (χ3v) is 11.1. The zero-order chi connectivity index (χ0) is 30.3. The van der Waals surface area contributed by atoms with Crippen LogP contribution in [0.25, 0.3) is 50.6 Å². The molecule has 0 atom stereocenters. The third kappa shape index (κ3) is 5.07. The monoisotopic (exact) mass is 690 g/mol. The van der Waals surface area contributed by atoms with E-state index in [2.05, 4.69) is 171 Å². The highest BCUT2D eigenvalue weighted by Gasteiger charge is 2.26. The largest absolute Gasteiger partial charge is 0.294 e. The fraction of sp³-hybridized carbons (Fsp3) is 0.0476. The quantitative estimate of drug-likeness (QED) is 0.164. The first-order valence-electron chi connectivity index (χ1n) is 15.3. The number of halogens is 1. The lowest BCUT2D eigenvalue weighted by atomic mass is 9.86. The van der Waals surface area contributed by atoms with E-state index in [-0.39, 0.29) is 0 Å². The van der Waals surface area contributed by atoms with E-state index in [1.54, 1.807) is 0 Å². The zero-order valence-corrected chi connectivity index (χ0v) is 27.4. The standard InChI is InChI=1S/C42H31IN2/c1-28-17-18-35(30-11-5-3-6-12-30)25-38(28)40-27-36(31-13-7-4-8-14-31)26-39(29(40)2)33-19-21-34(22-20-33)41-43-44-42-37-16-10-9-15-32(37)23-24-45(41)42/h3-27H,1-2H3. The van der Waals surface area contributed by atoms with Gasteiger partial charge in [0, 0.05) is 17.3 Å². The number of rotatable bonds is 5. The molecule has 6 aromatic rings. The van der Waals surface area contributed by atoms with Gasteiger partial charge in [-0.05, 0) is 99.3 Å². The van der Waals surface area contributed by atoms with Gasteiger partial charge in [0.25, 0.3) is 0 Å². The van der Waals surface area contributed by atoms with E-state index in [4.69, 9.17) is 3.21 Å². The van der Waals surface area contributed by atoms with E-state index in [1.165, 1.54) is 76.0 Å². The van der Waals surface area contributed by atoms with Crippen LogP contribution in [0.3, 0.4) is 0 Å². The van der Waals surface area contributed by atoms with Crippen molar-refractivity contribution >= 4 is 36.5 Å². The molecule has 0 aromatic heterocycles. The van der Waals surface area contributed by atoms with Crippen molar-refractivity contribution in [2.24, 2.45) is 3.21 Å². The first kappa shape index (κ1) is 27.7. The molecule has 0 amide bonds. The first-order chi connectivity index (χ1) is 22.1. The number of amidine groups is 1. The Morgan fingerprint density at radius 3 is 1.84 bits per heavy atom. The van der Waals surface area contributed by atoms with Crippen LogP contribution in [0.5, 0.6) is 0 Å². The average molecular weight is 691 g/mol. The van der Waals surface area contributed by atoms with Crippen LogP contribution in [-0.4, -0.2) is 14.4 Å². The topological polar surface area (TPSA) is 15.6 Å². The Bertz CT molecular complexity index is 2160. The number of hydrogen-bond donors (Lipinski definition) is 0. The maximum Gasteiger partial charge on any atom is 0.151 e. The summed E-state index contributed by atoms with van der Waals surface area (Å²) in [4.78, 5) is 2.30. The number of fused-ring (bicyclic) bond motifs is 3. The third-order valence-electron chi connectivity index (χ3n) is 8.83. The molecule has 0 aliphatic carbocycles. The molecule has 45 heavy (non-hydrogen) atoms. The second kappa shape index (κ2) is 11.6. The van der Waals surface area contributed by atoms with Gasteiger partial charge in [0.1, 0.15) is 3.63 Å². The zero-order valence-electron chi connectivity index (χ0n) is 25.2. The summed E-state index contributed by atoms with van der Waals surface area (Å²) in [5, 5.41) is 0. The molecule has 216 valence electrons. The Balaban J connectivity index is 1.20. The molecular formula is C42H31IN2. The van der Waals surface area contributed by atoms with Crippen LogP contribution in [0.4, 0.5) is 0 Å². The van der Waals surface area contributed by atoms with Crippen LogP contribution in [-0.2, 0) is 0 Å². The van der Waals surface area contributed by atoms with Crippen LogP contribution in [0, 0.1) is 13.8 Å². The normalized spacial score (nSPS) is 13.4. The van der Waals surface area contributed by atoms with Crippen molar-refractivity contribution in [3.05, 3.63) is 174 Å². The summed E-state index contributed by atoms with van der Waals surface area (Å²) in [5.41, 5.74) is 16.2. The second-order valence-electron chi connectivity index (χ2n) is 11.6. The Morgan fingerprint density at radius 2 is 1.09 bits per heavy atom. The van der Waals surface area contributed by atoms with Gasteiger partial charge < -0.3 is 0 Å². The van der Waals surface area contributed by atoms with Crippen molar-refractivity contribution in [2.75, 3.05) is 0 Å². The van der Waals surface area contributed by atoms with Crippen molar-refractivity contribution in [1.29, 1.82) is 0 Å². The summed E-state index contributed by atoms with van der Waals surface area (Å²) in [6, 6.07) is 50.7. The summed E-state index contributed by atoms with van der Waals surface area (Å²) in [6.45, 7) is 4.49. The van der Waals surface area contributed by atoms with Gasteiger partial charge in [-0.3, -0.25) is 4.90 Å². The highest BCUT2D eigenvalue weighted by Crippen LogP contribution is 2.40. The van der Waals surface area contributed by atoms with Crippen molar-refractivity contribution in [3.63, 3.8) is 0 Å². The van der Waals surface area contributed by atoms with Gasteiger partial charge in [0.15, 0.2) is 5.84 Å². The summed E-state index contributed by atoms with van der Waals surface area (Å²) in [6.07, 6.45) is 4.38. The van der Waals surface area contributed by atoms with Crippen LogP contribution in [0.15, 0.2) is 149 Å². The SMILES string of the molecule is Cc1ccc(-c2ccccc2)cc1-c1cc(-c2ccccc2)cc(-c2ccc(C3=IN=C4c5ccccc5C=CN43)cc2)c1C. The van der Waals surface area contributed by atoms with E-state index in [1.807, 2.05) is 0 Å². The van der Waals surface area contributed by atoms with Gasteiger partial charge in [-0.1, -0.05) is 121 Å². The molecule has 3 heteroatoms. The van der Waals surface area contributed by atoms with Gasteiger partial charge in [-0.15, -0.1) is 0 Å². The number of benzene rings is 6. The minimum Gasteiger partial charge on any atom is -0.294 e. The average Bonchev–Trinajstić information content (AvgIpc) is 3.55. The predicted octanol–water partition coefficient (Wildman–Crippen LogP) is 11.1. The molecule has 2 aliphatic heterocycles. The van der Waals surface area contributed by atoms with Gasteiger partial charge in [0.05, 0.1) is 21.0 Å². The molecule has 6 aromatic carbocycles. The van der Waals surface area contributed by atoms with E-state index >= 15 is 0 Å². The molecule has 2 heterocycles. The van der Waals surface area contributed by atoms with Crippen LogP contribution < -0.4 is 0 Å². The molecule has 2 nitrogen and oxygen atoms in total. The lowest BCUT2D eigenvalue weighted by molar-refractivity contribution is 0.855. The van der Waals surface area contributed by atoms with Crippen LogP contribution >= 0.6 is 21.0 Å². The lowest BCUT2D eigenvalue weighted by Gasteiger charge is -2.24. The molecular weight excluding hydrogens is 659 g/mol. The Kier molecular flexibility index (Phi) is 7.11. The first-order valence-corrected chi connectivity index (χ1v) is 17.3. The summed E-state index contributed by atoms with van der Waals surface area (Å²) >= 11 is -0.473. The van der Waals surface area contributed by atoms with Crippen molar-refractivity contribution in [2.45, 2.75) is 13.8 Å². The molecule has 2 aliphatic rings. The lowest BCUT2D eigenvalue weighted by Crippen LogP contribution is -2.31. The summed E-state index contributed by atoms with van der Waals surface area (Å²) in [7, 11) is 0. The molecule has 0 spiro atoms. The van der Waals surface area contributed by atoms with Gasteiger partial charge in [-0.2, -0.15) is 0 Å². The molecule has 0 bridgehead atoms. The van der Waals surface area contributed by atoms with Crippen LogP contribution in [0.1, 0.15) is 27.8 Å². The van der Waals surface area contributed by atoms with Crippen molar-refractivity contribution in [3.8, 4) is 44.5 Å². The smallest absolute Gasteiger partial charge is 0.151 e. The predicted molar refractivity (Wildman–Crippen MR) is 200 cm³/mol. The van der Waals surface area contributed by atoms with Gasteiger partial charge in [0.2, 0.25) is 0 Å².